The van der Waals surface area contributed by atoms with Crippen molar-refractivity contribution in [1.29, 1.82) is 0 Å². The molecule has 5 unspecified atom stereocenters. The molecular formula is C74H99FN16O9S5. The molecule has 5 aliphatic rings. The Balaban J connectivity index is 0.000000131. The third-order valence-electron chi connectivity index (χ3n) is 20.5. The van der Waals surface area contributed by atoms with Crippen LogP contribution in [0.4, 0.5) is 27.1 Å². The van der Waals surface area contributed by atoms with Crippen molar-refractivity contribution in [1.82, 2.24) is 51.8 Å². The second kappa shape index (κ2) is 32.2. The molecule has 105 heavy (non-hydrogen) atoms. The van der Waals surface area contributed by atoms with E-state index in [4.69, 9.17) is 11.6 Å². The number of H-pyrrole nitrogens is 5. The average Bonchev–Trinajstić information content (AvgIpc) is 1.77. The van der Waals surface area contributed by atoms with E-state index in [9.17, 15) is 42.3 Å². The predicted octanol–water partition coefficient (Wildman–Crippen LogP) is 8.14. The predicted molar refractivity (Wildman–Crippen MR) is 428 cm³/mol. The number of rotatable bonds is 13. The number of halogens is 1. The molecule has 566 valence electrons. The molecule has 31 heteroatoms. The molecule has 0 saturated carbocycles. The zero-order chi connectivity index (χ0) is 75.4. The number of nitrogens with two attached hydrogens (primary N) is 1. The molecule has 5 aliphatic heterocycles. The zero-order valence-electron chi connectivity index (χ0n) is 60.9. The summed E-state index contributed by atoms with van der Waals surface area (Å²) in [5.41, 5.74) is 10.5. The van der Waals surface area contributed by atoms with Crippen molar-refractivity contribution in [3.05, 3.63) is 158 Å². The number of piperidine rings is 1. The van der Waals surface area contributed by atoms with E-state index < -0.39 is 61.6 Å². The minimum absolute atomic E-state index is 0.0439. The average molecular weight is 1540 g/mol. The smallest absolute Gasteiger partial charge is 0.212 e. The third kappa shape index (κ3) is 18.2. The fraction of sp³-hybridized carbons (Fsp3) is 0.419. The Hall–Kier alpha value is -7.97. The van der Waals surface area contributed by atoms with E-state index in [0.717, 1.165) is 106 Å². The van der Waals surface area contributed by atoms with Gasteiger partial charge in [0.2, 0.25) is 40.1 Å². The molecule has 0 aliphatic carbocycles. The molecule has 0 radical (unpaired) electrons. The molecule has 0 spiro atoms. The van der Waals surface area contributed by atoms with E-state index in [2.05, 4.69) is 104 Å². The summed E-state index contributed by atoms with van der Waals surface area (Å²) in [4.78, 5) is 25.2. The molecule has 25 nitrogen and oxygen atoms in total. The van der Waals surface area contributed by atoms with Crippen LogP contribution in [0.1, 0.15) is 51.5 Å². The molecule has 0 bridgehead atoms. The number of terminal acetylenes is 1. The van der Waals surface area contributed by atoms with Gasteiger partial charge in [-0.05, 0) is 100.0 Å². The molecule has 5 aromatic carbocycles. The number of likely N-dealkylation sites (N-methyl/N-ethyl adjacent to an activating group) is 1. The first kappa shape index (κ1) is 78.1. The molecule has 0 amide bonds. The number of hydrogen-bond donors (Lipinski definition) is 7. The summed E-state index contributed by atoms with van der Waals surface area (Å²) in [5.74, 6) is 6.15. The van der Waals surface area contributed by atoms with E-state index in [1.807, 2.05) is 113 Å². The molecule has 10 heterocycles. The zero-order valence-corrected chi connectivity index (χ0v) is 65.0. The first-order valence-corrected chi connectivity index (χ1v) is 44.3. The molecular weight excluding hydrogens is 1440 g/mol. The van der Waals surface area contributed by atoms with Crippen molar-refractivity contribution in [2.75, 3.05) is 150 Å². The fourth-order valence-electron chi connectivity index (χ4n) is 15.5. The summed E-state index contributed by atoms with van der Waals surface area (Å²) in [6.07, 6.45) is 22.9. The summed E-state index contributed by atoms with van der Waals surface area (Å²) in [6, 6.07) is 37.0. The van der Waals surface area contributed by atoms with Gasteiger partial charge in [-0.2, -0.15) is 17.2 Å². The lowest BCUT2D eigenvalue weighted by molar-refractivity contribution is 0.154. The first-order valence-electron chi connectivity index (χ1n) is 35.2. The summed E-state index contributed by atoms with van der Waals surface area (Å²) in [5, 5.41) is 14.4. The SMILES string of the molecule is C#CC1CN(c2c[nH]c3ccccc23)CCN1S(C)(=O)=O.C=S(N)(=O)N1CCN(c2c[nH]c3ccccc23)CC1.CC1(C)CC(c2c[nH]c3cc(F)ccc23)CCN1S(C)(=O)=O.CCC1CN(c2c[nH]c3ccccc23)CCN1S(C)(=O)=O.CNCC1CN(c2c[nH]c3ccccc23)CCN1S(C)(=O)=O. The highest BCUT2D eigenvalue weighted by atomic mass is 32.2. The van der Waals surface area contributed by atoms with Gasteiger partial charge in [0.15, 0.2) is 0 Å². The van der Waals surface area contributed by atoms with Crippen molar-refractivity contribution in [3.63, 3.8) is 0 Å². The minimum Gasteiger partial charge on any atom is -0.367 e. The van der Waals surface area contributed by atoms with Gasteiger partial charge in [-0.15, -0.1) is 6.42 Å². The molecule has 15 rings (SSSR count). The van der Waals surface area contributed by atoms with Crippen molar-refractivity contribution < 1.29 is 42.3 Å². The number of nitrogens with zero attached hydrogens (tertiary/aromatic N) is 9. The second-order valence-corrected chi connectivity index (χ2v) is 37.8. The number of aromatic nitrogens is 5. The monoisotopic (exact) mass is 1530 g/mol. The molecule has 5 saturated heterocycles. The fourth-order valence-corrected chi connectivity index (χ4v) is 20.9. The highest BCUT2D eigenvalue weighted by Gasteiger charge is 2.41. The minimum atomic E-state index is -3.27. The highest BCUT2D eigenvalue weighted by molar-refractivity contribution is 7.96. The topological polar surface area (TPSA) is 300 Å². The van der Waals surface area contributed by atoms with Crippen molar-refractivity contribution in [2.45, 2.75) is 69.6 Å². The first-order chi connectivity index (χ1) is 49.7. The normalized spacial score (nSPS) is 21.2. The van der Waals surface area contributed by atoms with Gasteiger partial charge in [0.1, 0.15) is 11.9 Å². The van der Waals surface area contributed by atoms with Crippen LogP contribution < -0.4 is 30.1 Å². The summed E-state index contributed by atoms with van der Waals surface area (Å²) < 4.78 is 128. The lowest BCUT2D eigenvalue weighted by atomic mass is 9.80. The third-order valence-corrected chi connectivity index (χ3v) is 27.2. The Morgan fingerprint density at radius 2 is 0.914 bits per heavy atom. The van der Waals surface area contributed by atoms with Gasteiger partial charge in [0.05, 0.1) is 63.7 Å². The number of para-hydroxylation sites is 4. The second-order valence-electron chi connectivity index (χ2n) is 28.2. The van der Waals surface area contributed by atoms with E-state index in [1.165, 1.54) is 63.3 Å². The van der Waals surface area contributed by atoms with Crippen LogP contribution in [0, 0.1) is 18.2 Å². The number of aromatic amines is 5. The van der Waals surface area contributed by atoms with Crippen LogP contribution in [-0.4, -0.2) is 244 Å². The Labute approximate surface area is 617 Å². The molecule has 5 fully saturated rings. The molecule has 5 aromatic heterocycles. The van der Waals surface area contributed by atoms with Gasteiger partial charge in [0, 0.05) is 195 Å². The summed E-state index contributed by atoms with van der Waals surface area (Å²) in [7, 11) is -13.5. The Bertz CT molecular complexity index is 5320. The lowest BCUT2D eigenvalue weighted by Gasteiger charge is -2.44. The van der Waals surface area contributed by atoms with Gasteiger partial charge < -0.3 is 49.8 Å². The lowest BCUT2D eigenvalue weighted by Crippen LogP contribution is -2.57. The van der Waals surface area contributed by atoms with Gasteiger partial charge >= 0.3 is 0 Å². The quantitative estimate of drug-likeness (QED) is 0.0424. The van der Waals surface area contributed by atoms with Crippen molar-refractivity contribution in [2.24, 2.45) is 5.14 Å². The van der Waals surface area contributed by atoms with Gasteiger partial charge in [0.25, 0.3) is 0 Å². The Morgan fingerprint density at radius 3 is 1.32 bits per heavy atom. The Kier molecular flexibility index (Phi) is 24.0. The molecule has 5 atom stereocenters. The maximum Gasteiger partial charge on any atom is 0.212 e. The van der Waals surface area contributed by atoms with Crippen LogP contribution in [0.25, 0.3) is 54.5 Å². The van der Waals surface area contributed by atoms with Crippen molar-refractivity contribution in [3.8, 4) is 12.3 Å². The van der Waals surface area contributed by atoms with Crippen LogP contribution in [0.5, 0.6) is 0 Å². The van der Waals surface area contributed by atoms with Crippen LogP contribution in [-0.2, 0) is 50.0 Å². The Morgan fingerprint density at radius 1 is 0.514 bits per heavy atom. The number of benzene rings is 5. The van der Waals surface area contributed by atoms with Crippen molar-refractivity contribution >= 4 is 133 Å². The molecule has 10 aromatic rings. The highest BCUT2D eigenvalue weighted by Crippen LogP contribution is 2.42. The number of fused-ring (bicyclic) bond motifs is 5. The van der Waals surface area contributed by atoms with E-state index >= 15 is 0 Å². The van der Waals surface area contributed by atoms with E-state index in [1.54, 1.807) is 23.3 Å². The maximum absolute atomic E-state index is 13.3. The van der Waals surface area contributed by atoms with E-state index in [-0.39, 0.29) is 23.8 Å². The number of nitrogens with one attached hydrogen (secondary N) is 6. The maximum atomic E-state index is 13.3. The standard InChI is InChI=1S/C16H21FN2O2S.C15H22N4O2S.C15H21N3O2S.C15H17N3O2S.C13H18N4OS/c1-16(2)9-11(6-7-19(16)22(3,20)21)14-10-18-15-8-12(17)4-5-13(14)15;1-16-9-12-11-18(7-8-19(12)22(2,20)21)15-10-17-14-6-4-3-5-13(14)15;2*1-3-12-11-17(8-9-18(12)21(2,19)20)15-10-16-14-7-5-4-6-13(14)15;1-19(14,18)17-8-6-16(7-9-17)13-10-15-12-5-3-2-4-11(12)13/h4-5,8,10-11,18H,6-7,9H2,1-3H3;3-6,10,12,16-17H,7-9,11H2,1-2H3;4-7,10,12,16H,3,8-9,11H2,1-2H3;1,4-7,10,12,16H,8-9,11H2,2H3;2-5,10,15H,1,6-9H2,(H2,14,18). The summed E-state index contributed by atoms with van der Waals surface area (Å²) in [6.45, 7) is 15.6. The number of sulfonamides is 4. The van der Waals surface area contributed by atoms with Crippen LogP contribution in [0.2, 0.25) is 0 Å². The number of anilines is 4. The van der Waals surface area contributed by atoms with E-state index in [0.29, 0.717) is 72.0 Å². The van der Waals surface area contributed by atoms with Gasteiger partial charge in [-0.1, -0.05) is 85.6 Å². The van der Waals surface area contributed by atoms with Gasteiger partial charge in [-0.3, -0.25) is 0 Å². The largest absolute Gasteiger partial charge is 0.367 e. The summed E-state index contributed by atoms with van der Waals surface area (Å²) >= 11 is 0. The van der Waals surface area contributed by atoms with Crippen LogP contribution in [0.3, 0.4) is 0 Å². The number of hydrogen-bond acceptors (Lipinski definition) is 14. The van der Waals surface area contributed by atoms with Crippen LogP contribution >= 0.6 is 0 Å². The molecule has 8 N–H and O–H groups in total. The number of piperazine rings is 4. The van der Waals surface area contributed by atoms with Crippen LogP contribution in [0.15, 0.2) is 146 Å². The van der Waals surface area contributed by atoms with Gasteiger partial charge in [-0.25, -0.2) is 51.7 Å².